The van der Waals surface area contributed by atoms with E-state index < -0.39 is 12.1 Å². The van der Waals surface area contributed by atoms with Crippen LogP contribution in [0.25, 0.3) is 0 Å². The predicted molar refractivity (Wildman–Crippen MR) is 48.1 cm³/mol. The van der Waals surface area contributed by atoms with Gasteiger partial charge in [-0.2, -0.15) is 13.2 Å². The topological polar surface area (TPSA) is 59.2 Å². The van der Waals surface area contributed by atoms with Gasteiger partial charge >= 0.3 is 12.1 Å². The van der Waals surface area contributed by atoms with Crippen LogP contribution in [0, 0.1) is 0 Å². The average molecular weight is 219 g/mol. The Morgan fingerprint density at radius 2 is 2.07 bits per heavy atom. The number of hydrogen-bond donors (Lipinski definition) is 1. The fourth-order valence-corrected chi connectivity index (χ4v) is 0.890. The fourth-order valence-electron chi connectivity index (χ4n) is 0.890. The largest absolute Gasteiger partial charge is 0.471 e. The van der Waals surface area contributed by atoms with Crippen LogP contribution in [-0.2, 0) is 4.79 Å². The second kappa shape index (κ2) is 3.76. The van der Waals surface area contributed by atoms with E-state index in [4.69, 9.17) is 5.73 Å². The number of amides is 1. The van der Waals surface area contributed by atoms with E-state index >= 15 is 0 Å². The Labute approximate surface area is 83.5 Å². The van der Waals surface area contributed by atoms with Crippen LogP contribution < -0.4 is 10.6 Å². The van der Waals surface area contributed by atoms with Gasteiger partial charge in [0.25, 0.3) is 0 Å². The molecule has 0 radical (unpaired) electrons. The summed E-state index contributed by atoms with van der Waals surface area (Å²) in [4.78, 5) is 14.8. The van der Waals surface area contributed by atoms with Gasteiger partial charge in [-0.3, -0.25) is 9.69 Å². The highest BCUT2D eigenvalue weighted by Crippen LogP contribution is 2.21. The van der Waals surface area contributed by atoms with Gasteiger partial charge in [0, 0.05) is 7.05 Å². The van der Waals surface area contributed by atoms with Crippen LogP contribution in [0.2, 0.25) is 0 Å². The van der Waals surface area contributed by atoms with Crippen molar-refractivity contribution in [2.45, 2.75) is 6.18 Å². The molecule has 0 aliphatic heterocycles. The molecule has 0 unspecified atom stereocenters. The predicted octanol–water partition coefficient (Wildman–Crippen LogP) is 1.19. The first-order valence-corrected chi connectivity index (χ1v) is 3.89. The number of rotatable bonds is 1. The Hall–Kier alpha value is -1.79. The quantitative estimate of drug-likeness (QED) is 0.771. The molecule has 0 saturated carbocycles. The monoisotopic (exact) mass is 219 g/mol. The molecule has 7 heteroatoms. The van der Waals surface area contributed by atoms with Crippen molar-refractivity contribution < 1.29 is 18.0 Å². The van der Waals surface area contributed by atoms with Crippen molar-refractivity contribution in [3.63, 3.8) is 0 Å². The molecule has 0 aliphatic carbocycles. The SMILES string of the molecule is CN(C(=O)C(F)(F)F)c1ccc(N)cn1. The lowest BCUT2D eigenvalue weighted by atomic mass is 10.4. The van der Waals surface area contributed by atoms with Gasteiger partial charge in [-0.15, -0.1) is 0 Å². The van der Waals surface area contributed by atoms with Crippen molar-refractivity contribution in [3.8, 4) is 0 Å². The van der Waals surface area contributed by atoms with E-state index in [-0.39, 0.29) is 5.82 Å². The van der Waals surface area contributed by atoms with Gasteiger partial charge in [0.1, 0.15) is 5.82 Å². The molecule has 1 aromatic rings. The maximum atomic E-state index is 12.0. The first kappa shape index (κ1) is 11.3. The average Bonchev–Trinajstić information content (AvgIpc) is 2.15. The molecule has 0 saturated heterocycles. The number of halogens is 3. The maximum absolute atomic E-state index is 12.0. The third kappa shape index (κ3) is 2.58. The number of alkyl halides is 3. The van der Waals surface area contributed by atoms with Crippen molar-refractivity contribution in [1.82, 2.24) is 4.98 Å². The summed E-state index contributed by atoms with van der Waals surface area (Å²) in [5.41, 5.74) is 5.61. The Morgan fingerprint density at radius 1 is 1.47 bits per heavy atom. The van der Waals surface area contributed by atoms with Crippen molar-refractivity contribution in [3.05, 3.63) is 18.3 Å². The van der Waals surface area contributed by atoms with Gasteiger partial charge in [0.05, 0.1) is 11.9 Å². The number of nitrogen functional groups attached to an aromatic ring is 1. The van der Waals surface area contributed by atoms with E-state index in [1.807, 2.05) is 0 Å². The van der Waals surface area contributed by atoms with E-state index in [0.717, 1.165) is 7.05 Å². The Balaban J connectivity index is 2.90. The van der Waals surface area contributed by atoms with Gasteiger partial charge in [-0.25, -0.2) is 4.98 Å². The molecule has 2 N–H and O–H groups in total. The summed E-state index contributed by atoms with van der Waals surface area (Å²) in [7, 11) is 0.994. The summed E-state index contributed by atoms with van der Waals surface area (Å²) in [6.45, 7) is 0. The standard InChI is InChI=1S/C8H8F3N3O/c1-14(7(15)8(9,10)11)6-3-2-5(12)4-13-6/h2-4H,12H2,1H3. The highest BCUT2D eigenvalue weighted by atomic mass is 19.4. The molecule has 1 aromatic heterocycles. The van der Waals surface area contributed by atoms with Crippen LogP contribution in [0.15, 0.2) is 18.3 Å². The number of carbonyl (C=O) groups excluding carboxylic acids is 1. The van der Waals surface area contributed by atoms with Crippen molar-refractivity contribution in [2.24, 2.45) is 0 Å². The molecular formula is C8H8F3N3O. The van der Waals surface area contributed by atoms with Crippen molar-refractivity contribution in [1.29, 1.82) is 0 Å². The van der Waals surface area contributed by atoms with Crippen LogP contribution in [0.1, 0.15) is 0 Å². The normalized spacial score (nSPS) is 11.2. The third-order valence-electron chi connectivity index (χ3n) is 1.66. The number of nitrogens with zero attached hydrogens (tertiary/aromatic N) is 2. The first-order chi connectivity index (χ1) is 6.82. The van der Waals surface area contributed by atoms with Gasteiger partial charge in [0.2, 0.25) is 0 Å². The minimum absolute atomic E-state index is 0.105. The summed E-state index contributed by atoms with van der Waals surface area (Å²) < 4.78 is 36.1. The number of pyridine rings is 1. The molecule has 4 nitrogen and oxygen atoms in total. The summed E-state index contributed by atoms with van der Waals surface area (Å²) in [6, 6.07) is 2.60. The van der Waals surface area contributed by atoms with Gasteiger partial charge in [0.15, 0.2) is 0 Å². The Bertz CT molecular complexity index is 360. The number of aromatic nitrogens is 1. The molecule has 15 heavy (non-hydrogen) atoms. The van der Waals surface area contributed by atoms with Gasteiger partial charge in [-0.05, 0) is 12.1 Å². The van der Waals surface area contributed by atoms with Crippen molar-refractivity contribution in [2.75, 3.05) is 17.7 Å². The molecule has 0 fully saturated rings. The van der Waals surface area contributed by atoms with Crippen LogP contribution in [0.3, 0.4) is 0 Å². The highest BCUT2D eigenvalue weighted by Gasteiger charge is 2.41. The zero-order valence-corrected chi connectivity index (χ0v) is 7.75. The van der Waals surface area contributed by atoms with Gasteiger partial charge < -0.3 is 5.73 Å². The minimum atomic E-state index is -4.90. The van der Waals surface area contributed by atoms with E-state index in [0.29, 0.717) is 10.6 Å². The number of hydrogen-bond acceptors (Lipinski definition) is 3. The maximum Gasteiger partial charge on any atom is 0.471 e. The molecule has 0 atom stereocenters. The van der Waals surface area contributed by atoms with E-state index in [2.05, 4.69) is 4.98 Å². The molecular weight excluding hydrogens is 211 g/mol. The molecule has 0 aromatic carbocycles. The molecule has 1 amide bonds. The molecule has 82 valence electrons. The van der Waals surface area contributed by atoms with Gasteiger partial charge in [-0.1, -0.05) is 0 Å². The lowest BCUT2D eigenvalue weighted by Gasteiger charge is -2.17. The second-order valence-electron chi connectivity index (χ2n) is 2.81. The summed E-state index contributed by atoms with van der Waals surface area (Å²) in [6.07, 6.45) is -3.73. The second-order valence-corrected chi connectivity index (χ2v) is 2.81. The highest BCUT2D eigenvalue weighted by molar-refractivity contribution is 5.96. The lowest BCUT2D eigenvalue weighted by Crippen LogP contribution is -2.38. The minimum Gasteiger partial charge on any atom is -0.397 e. The first-order valence-electron chi connectivity index (χ1n) is 3.89. The van der Waals surface area contributed by atoms with Crippen LogP contribution in [-0.4, -0.2) is 24.1 Å². The van der Waals surface area contributed by atoms with Crippen LogP contribution >= 0.6 is 0 Å². The number of nitrogens with two attached hydrogens (primary N) is 1. The fraction of sp³-hybridized carbons (Fsp3) is 0.250. The van der Waals surface area contributed by atoms with Crippen LogP contribution in [0.4, 0.5) is 24.7 Å². The molecule has 0 spiro atoms. The molecule has 1 rings (SSSR count). The molecule has 0 bridgehead atoms. The van der Waals surface area contributed by atoms with E-state index in [1.165, 1.54) is 18.3 Å². The molecule has 1 heterocycles. The molecule has 0 aliphatic rings. The van der Waals surface area contributed by atoms with E-state index in [1.54, 1.807) is 0 Å². The summed E-state index contributed by atoms with van der Waals surface area (Å²) >= 11 is 0. The van der Waals surface area contributed by atoms with E-state index in [9.17, 15) is 18.0 Å². The Morgan fingerprint density at radius 3 is 2.47 bits per heavy atom. The summed E-state index contributed by atoms with van der Waals surface area (Å²) in [5.74, 6) is -2.08. The van der Waals surface area contributed by atoms with Crippen LogP contribution in [0.5, 0.6) is 0 Å². The third-order valence-corrected chi connectivity index (χ3v) is 1.66. The Kier molecular flexibility index (Phi) is 2.83. The number of carbonyl (C=O) groups is 1. The lowest BCUT2D eigenvalue weighted by molar-refractivity contribution is -0.170. The number of anilines is 2. The smallest absolute Gasteiger partial charge is 0.397 e. The zero-order valence-electron chi connectivity index (χ0n) is 7.75. The zero-order chi connectivity index (χ0) is 11.6. The summed E-state index contributed by atoms with van der Waals surface area (Å²) in [5, 5.41) is 0. The van der Waals surface area contributed by atoms with Crippen molar-refractivity contribution >= 4 is 17.4 Å².